The van der Waals surface area contributed by atoms with Crippen molar-refractivity contribution < 1.29 is 0 Å². The van der Waals surface area contributed by atoms with Gasteiger partial charge in [0, 0.05) is 25.9 Å². The molecule has 1 aromatic rings. The summed E-state index contributed by atoms with van der Waals surface area (Å²) >= 11 is 0. The van der Waals surface area contributed by atoms with Gasteiger partial charge in [0.1, 0.15) is 5.82 Å². The van der Waals surface area contributed by atoms with Crippen molar-refractivity contribution in [2.24, 2.45) is 7.05 Å². The van der Waals surface area contributed by atoms with E-state index in [9.17, 15) is 0 Å². The lowest BCUT2D eigenvalue weighted by Crippen LogP contribution is -2.21. The van der Waals surface area contributed by atoms with Gasteiger partial charge in [0.25, 0.3) is 0 Å². The van der Waals surface area contributed by atoms with Crippen molar-refractivity contribution in [1.82, 2.24) is 20.1 Å². The number of aromatic nitrogens is 3. The highest BCUT2D eigenvalue weighted by Gasteiger charge is 2.19. The molecule has 1 saturated heterocycles. The molecule has 0 aromatic carbocycles. The maximum Gasteiger partial charge on any atom is 0.150 e. The van der Waals surface area contributed by atoms with Gasteiger partial charge in [-0.3, -0.25) is 4.68 Å². The first-order chi connectivity index (χ1) is 7.31. The van der Waals surface area contributed by atoms with Crippen LogP contribution in [0.15, 0.2) is 0 Å². The Bertz CT molecular complexity index is 310. The van der Waals surface area contributed by atoms with E-state index in [1.807, 2.05) is 11.7 Å². The number of hydrogen-bond donors (Lipinski definition) is 1. The van der Waals surface area contributed by atoms with Gasteiger partial charge in [-0.15, -0.1) is 0 Å². The number of nitrogens with one attached hydrogen (secondary N) is 1. The average molecular weight is 208 g/mol. The molecule has 1 N–H and O–H groups in total. The molecule has 1 aliphatic heterocycles. The van der Waals surface area contributed by atoms with Crippen LogP contribution in [0.3, 0.4) is 0 Å². The van der Waals surface area contributed by atoms with Crippen LogP contribution < -0.4 is 5.32 Å². The third kappa shape index (κ3) is 2.37. The van der Waals surface area contributed by atoms with E-state index in [0.29, 0.717) is 5.92 Å². The van der Waals surface area contributed by atoms with Crippen molar-refractivity contribution in [3.05, 3.63) is 11.6 Å². The standard InChI is InChI=1S/C11H20N4/c1-3-10-13-11(15(2)14-10)9-6-4-5-7-12-8-9/h9,12H,3-8H2,1-2H3. The fourth-order valence-electron chi connectivity index (χ4n) is 2.20. The minimum atomic E-state index is 0.547. The molecule has 1 aromatic heterocycles. The SMILES string of the molecule is CCc1nc(C2CCCCNC2)n(C)n1. The minimum absolute atomic E-state index is 0.547. The van der Waals surface area contributed by atoms with Crippen molar-refractivity contribution in [2.75, 3.05) is 13.1 Å². The lowest BCUT2D eigenvalue weighted by molar-refractivity contribution is 0.543. The van der Waals surface area contributed by atoms with Crippen molar-refractivity contribution in [2.45, 2.75) is 38.5 Å². The van der Waals surface area contributed by atoms with Crippen molar-refractivity contribution in [3.63, 3.8) is 0 Å². The summed E-state index contributed by atoms with van der Waals surface area (Å²) in [6, 6.07) is 0. The molecule has 2 heterocycles. The lowest BCUT2D eigenvalue weighted by Gasteiger charge is -2.12. The molecular formula is C11H20N4. The molecule has 4 heteroatoms. The van der Waals surface area contributed by atoms with Crippen LogP contribution >= 0.6 is 0 Å². The van der Waals surface area contributed by atoms with E-state index >= 15 is 0 Å². The second-order valence-corrected chi connectivity index (χ2v) is 4.26. The predicted molar refractivity (Wildman–Crippen MR) is 59.8 cm³/mol. The smallest absolute Gasteiger partial charge is 0.150 e. The number of aryl methyl sites for hydroxylation is 2. The Hall–Kier alpha value is -0.900. The van der Waals surface area contributed by atoms with Gasteiger partial charge in [-0.25, -0.2) is 4.98 Å². The van der Waals surface area contributed by atoms with E-state index in [1.54, 1.807) is 0 Å². The molecule has 4 nitrogen and oxygen atoms in total. The first-order valence-corrected chi connectivity index (χ1v) is 5.91. The molecule has 1 atom stereocenters. The minimum Gasteiger partial charge on any atom is -0.316 e. The summed E-state index contributed by atoms with van der Waals surface area (Å²) in [5.74, 6) is 2.67. The molecular weight excluding hydrogens is 188 g/mol. The fourth-order valence-corrected chi connectivity index (χ4v) is 2.20. The number of rotatable bonds is 2. The predicted octanol–water partition coefficient (Wildman–Crippen LogP) is 1.23. The summed E-state index contributed by atoms with van der Waals surface area (Å²) in [5, 5.41) is 7.88. The van der Waals surface area contributed by atoms with Gasteiger partial charge in [0.05, 0.1) is 0 Å². The van der Waals surface area contributed by atoms with Gasteiger partial charge in [-0.05, 0) is 19.4 Å². The molecule has 0 amide bonds. The summed E-state index contributed by atoms with van der Waals surface area (Å²) in [7, 11) is 2.01. The van der Waals surface area contributed by atoms with Crippen LogP contribution in [-0.4, -0.2) is 27.9 Å². The molecule has 1 unspecified atom stereocenters. The molecule has 0 radical (unpaired) electrons. The summed E-state index contributed by atoms with van der Waals surface area (Å²) < 4.78 is 1.95. The van der Waals surface area contributed by atoms with Crippen LogP contribution in [0.5, 0.6) is 0 Å². The normalized spacial score (nSPS) is 22.7. The first kappa shape index (κ1) is 10.6. The number of nitrogens with zero attached hydrogens (tertiary/aromatic N) is 3. The van der Waals surface area contributed by atoms with Crippen molar-refractivity contribution in [1.29, 1.82) is 0 Å². The second kappa shape index (κ2) is 4.75. The molecule has 0 bridgehead atoms. The van der Waals surface area contributed by atoms with Crippen LogP contribution in [0.4, 0.5) is 0 Å². The monoisotopic (exact) mass is 208 g/mol. The van der Waals surface area contributed by atoms with Crippen molar-refractivity contribution in [3.8, 4) is 0 Å². The Kier molecular flexibility index (Phi) is 3.36. The van der Waals surface area contributed by atoms with Crippen LogP contribution in [0.25, 0.3) is 0 Å². The second-order valence-electron chi connectivity index (χ2n) is 4.26. The lowest BCUT2D eigenvalue weighted by atomic mass is 10.0. The maximum atomic E-state index is 4.61. The van der Waals surface area contributed by atoms with Crippen molar-refractivity contribution >= 4 is 0 Å². The van der Waals surface area contributed by atoms with Crippen LogP contribution in [-0.2, 0) is 13.5 Å². The molecule has 2 rings (SSSR count). The summed E-state index contributed by atoms with van der Waals surface area (Å²) in [6.07, 6.45) is 4.75. The first-order valence-electron chi connectivity index (χ1n) is 5.91. The third-order valence-corrected chi connectivity index (χ3v) is 3.07. The topological polar surface area (TPSA) is 42.7 Å². The quantitative estimate of drug-likeness (QED) is 0.795. The van der Waals surface area contributed by atoms with E-state index in [4.69, 9.17) is 0 Å². The molecule has 84 valence electrons. The van der Waals surface area contributed by atoms with E-state index < -0.39 is 0 Å². The van der Waals surface area contributed by atoms with Crippen LogP contribution in [0, 0.1) is 0 Å². The van der Waals surface area contributed by atoms with Crippen LogP contribution in [0.2, 0.25) is 0 Å². The van der Waals surface area contributed by atoms with Gasteiger partial charge < -0.3 is 5.32 Å². The maximum absolute atomic E-state index is 4.61. The van der Waals surface area contributed by atoms with E-state index in [-0.39, 0.29) is 0 Å². The third-order valence-electron chi connectivity index (χ3n) is 3.07. The van der Waals surface area contributed by atoms with Gasteiger partial charge in [0.15, 0.2) is 5.82 Å². The van der Waals surface area contributed by atoms with Gasteiger partial charge in [-0.1, -0.05) is 13.3 Å². The Labute approximate surface area is 91.1 Å². The van der Waals surface area contributed by atoms with Gasteiger partial charge >= 0.3 is 0 Å². The van der Waals surface area contributed by atoms with Gasteiger partial charge in [0.2, 0.25) is 0 Å². The van der Waals surface area contributed by atoms with Gasteiger partial charge in [-0.2, -0.15) is 5.10 Å². The molecule has 0 saturated carbocycles. The summed E-state index contributed by atoms with van der Waals surface area (Å²) in [4.78, 5) is 4.61. The van der Waals surface area contributed by atoms with E-state index in [1.165, 1.54) is 19.3 Å². The van der Waals surface area contributed by atoms with Crippen LogP contribution in [0.1, 0.15) is 43.8 Å². The zero-order valence-electron chi connectivity index (χ0n) is 9.66. The zero-order chi connectivity index (χ0) is 10.7. The largest absolute Gasteiger partial charge is 0.316 e. The highest BCUT2D eigenvalue weighted by Crippen LogP contribution is 2.21. The molecule has 0 aliphatic carbocycles. The fraction of sp³-hybridized carbons (Fsp3) is 0.818. The molecule has 15 heavy (non-hydrogen) atoms. The Balaban J connectivity index is 2.15. The zero-order valence-corrected chi connectivity index (χ0v) is 9.66. The van der Waals surface area contributed by atoms with E-state index in [0.717, 1.165) is 31.2 Å². The Morgan fingerprint density at radius 2 is 2.33 bits per heavy atom. The average Bonchev–Trinajstić information content (AvgIpc) is 2.48. The highest BCUT2D eigenvalue weighted by atomic mass is 15.3. The molecule has 0 spiro atoms. The Morgan fingerprint density at radius 1 is 1.47 bits per heavy atom. The Morgan fingerprint density at radius 3 is 3.07 bits per heavy atom. The molecule has 1 fully saturated rings. The highest BCUT2D eigenvalue weighted by molar-refractivity contribution is 5.01. The summed E-state index contributed by atoms with van der Waals surface area (Å²) in [6.45, 7) is 4.30. The molecule has 1 aliphatic rings. The number of hydrogen-bond acceptors (Lipinski definition) is 3. The van der Waals surface area contributed by atoms with E-state index in [2.05, 4.69) is 22.3 Å². The summed E-state index contributed by atoms with van der Waals surface area (Å²) in [5.41, 5.74) is 0.